The number of hydrogen-bond acceptors (Lipinski definition) is 2. The molecule has 0 saturated heterocycles. The standard InChI is InChI=1S/C18H32N2/c1-4-6-14-20(16(3)5-2)18(15-19)13-12-17-10-8-7-9-11-17/h7-11,16,18H,4-6,12-15,19H2,1-3H3. The van der Waals surface area contributed by atoms with Crippen LogP contribution in [-0.4, -0.2) is 30.1 Å². The molecule has 1 aromatic rings. The monoisotopic (exact) mass is 276 g/mol. The Morgan fingerprint density at radius 2 is 1.85 bits per heavy atom. The minimum absolute atomic E-state index is 0.511. The van der Waals surface area contributed by atoms with Gasteiger partial charge in [0.1, 0.15) is 0 Å². The highest BCUT2D eigenvalue weighted by molar-refractivity contribution is 5.14. The Hall–Kier alpha value is -0.860. The fraction of sp³-hybridized carbons (Fsp3) is 0.667. The van der Waals surface area contributed by atoms with Gasteiger partial charge in [-0.3, -0.25) is 4.90 Å². The van der Waals surface area contributed by atoms with Gasteiger partial charge >= 0.3 is 0 Å². The zero-order valence-corrected chi connectivity index (χ0v) is 13.5. The van der Waals surface area contributed by atoms with Crippen molar-refractivity contribution in [1.29, 1.82) is 0 Å². The van der Waals surface area contributed by atoms with Crippen LogP contribution in [0.1, 0.15) is 52.0 Å². The predicted molar refractivity (Wildman–Crippen MR) is 89.0 cm³/mol. The van der Waals surface area contributed by atoms with E-state index in [9.17, 15) is 0 Å². The molecule has 0 aliphatic carbocycles. The first-order valence-corrected chi connectivity index (χ1v) is 8.22. The minimum Gasteiger partial charge on any atom is -0.329 e. The van der Waals surface area contributed by atoms with Crippen molar-refractivity contribution in [3.8, 4) is 0 Å². The lowest BCUT2D eigenvalue weighted by atomic mass is 10.0. The Balaban J connectivity index is 2.59. The molecule has 0 radical (unpaired) electrons. The van der Waals surface area contributed by atoms with Crippen LogP contribution in [0.25, 0.3) is 0 Å². The lowest BCUT2D eigenvalue weighted by Gasteiger charge is -2.36. The lowest BCUT2D eigenvalue weighted by Crippen LogP contribution is -2.46. The van der Waals surface area contributed by atoms with E-state index >= 15 is 0 Å². The second-order valence-electron chi connectivity index (χ2n) is 5.76. The van der Waals surface area contributed by atoms with Crippen molar-refractivity contribution in [2.24, 2.45) is 5.73 Å². The van der Waals surface area contributed by atoms with Crippen molar-refractivity contribution < 1.29 is 0 Å². The Morgan fingerprint density at radius 3 is 2.40 bits per heavy atom. The summed E-state index contributed by atoms with van der Waals surface area (Å²) in [6.07, 6.45) is 6.01. The molecule has 114 valence electrons. The smallest absolute Gasteiger partial charge is 0.0224 e. The van der Waals surface area contributed by atoms with Gasteiger partial charge in [0, 0.05) is 18.6 Å². The summed E-state index contributed by atoms with van der Waals surface area (Å²) in [7, 11) is 0. The SMILES string of the molecule is CCCCN(C(C)CC)C(CN)CCc1ccccc1. The third-order valence-corrected chi connectivity index (χ3v) is 4.28. The number of hydrogen-bond donors (Lipinski definition) is 1. The van der Waals surface area contributed by atoms with E-state index in [4.69, 9.17) is 5.73 Å². The van der Waals surface area contributed by atoms with Crippen molar-refractivity contribution in [3.05, 3.63) is 35.9 Å². The second kappa shape index (κ2) is 9.95. The maximum Gasteiger partial charge on any atom is 0.0224 e. The third-order valence-electron chi connectivity index (χ3n) is 4.28. The average molecular weight is 276 g/mol. The molecule has 2 atom stereocenters. The van der Waals surface area contributed by atoms with Gasteiger partial charge in [-0.25, -0.2) is 0 Å². The molecule has 0 saturated carbocycles. The summed E-state index contributed by atoms with van der Waals surface area (Å²) < 4.78 is 0. The first kappa shape index (κ1) is 17.2. The number of nitrogens with two attached hydrogens (primary N) is 1. The van der Waals surface area contributed by atoms with Crippen LogP contribution in [-0.2, 0) is 6.42 Å². The fourth-order valence-corrected chi connectivity index (χ4v) is 2.74. The van der Waals surface area contributed by atoms with E-state index in [0.29, 0.717) is 12.1 Å². The molecule has 0 bridgehead atoms. The first-order valence-electron chi connectivity index (χ1n) is 8.22. The number of unbranched alkanes of at least 4 members (excludes halogenated alkanes) is 1. The largest absolute Gasteiger partial charge is 0.329 e. The van der Waals surface area contributed by atoms with Crippen LogP contribution in [0, 0.1) is 0 Å². The van der Waals surface area contributed by atoms with Crippen LogP contribution in [0.15, 0.2) is 30.3 Å². The molecule has 0 aliphatic rings. The Labute approximate surface area is 125 Å². The van der Waals surface area contributed by atoms with E-state index in [2.05, 4.69) is 56.0 Å². The van der Waals surface area contributed by atoms with Gasteiger partial charge in [0.2, 0.25) is 0 Å². The molecule has 0 heterocycles. The van der Waals surface area contributed by atoms with Gasteiger partial charge in [-0.2, -0.15) is 0 Å². The van der Waals surface area contributed by atoms with E-state index in [1.165, 1.54) is 31.4 Å². The van der Waals surface area contributed by atoms with E-state index in [-0.39, 0.29) is 0 Å². The predicted octanol–water partition coefficient (Wildman–Crippen LogP) is 3.85. The van der Waals surface area contributed by atoms with Crippen molar-refractivity contribution in [1.82, 2.24) is 4.90 Å². The molecule has 0 amide bonds. The van der Waals surface area contributed by atoms with Crippen molar-refractivity contribution in [2.75, 3.05) is 13.1 Å². The zero-order chi connectivity index (χ0) is 14.8. The van der Waals surface area contributed by atoms with Gasteiger partial charge in [-0.1, -0.05) is 50.6 Å². The van der Waals surface area contributed by atoms with Crippen molar-refractivity contribution in [2.45, 2.75) is 65.0 Å². The molecule has 0 spiro atoms. The Morgan fingerprint density at radius 1 is 1.15 bits per heavy atom. The van der Waals surface area contributed by atoms with Gasteiger partial charge in [0.15, 0.2) is 0 Å². The number of rotatable bonds is 10. The van der Waals surface area contributed by atoms with Crippen LogP contribution in [0.5, 0.6) is 0 Å². The summed E-state index contributed by atoms with van der Waals surface area (Å²) in [4.78, 5) is 2.63. The highest BCUT2D eigenvalue weighted by Crippen LogP contribution is 2.15. The molecule has 20 heavy (non-hydrogen) atoms. The molecule has 2 N–H and O–H groups in total. The summed E-state index contributed by atoms with van der Waals surface area (Å²) in [5, 5.41) is 0. The summed E-state index contributed by atoms with van der Waals surface area (Å²) in [6, 6.07) is 11.9. The number of nitrogens with zero attached hydrogens (tertiary/aromatic N) is 1. The van der Waals surface area contributed by atoms with Crippen molar-refractivity contribution in [3.63, 3.8) is 0 Å². The quantitative estimate of drug-likeness (QED) is 0.703. The summed E-state index contributed by atoms with van der Waals surface area (Å²) in [5.74, 6) is 0. The van der Waals surface area contributed by atoms with Gasteiger partial charge < -0.3 is 5.73 Å². The minimum atomic E-state index is 0.511. The maximum atomic E-state index is 6.06. The average Bonchev–Trinajstić information content (AvgIpc) is 2.50. The zero-order valence-electron chi connectivity index (χ0n) is 13.5. The van der Waals surface area contributed by atoms with Gasteiger partial charge in [-0.15, -0.1) is 0 Å². The highest BCUT2D eigenvalue weighted by Gasteiger charge is 2.20. The molecule has 0 aliphatic heterocycles. The molecular weight excluding hydrogens is 244 g/mol. The Bertz CT molecular complexity index is 337. The van der Waals surface area contributed by atoms with Crippen LogP contribution < -0.4 is 5.73 Å². The molecule has 0 aromatic heterocycles. The third kappa shape index (κ3) is 5.64. The lowest BCUT2D eigenvalue weighted by molar-refractivity contribution is 0.134. The van der Waals surface area contributed by atoms with Crippen LogP contribution in [0.4, 0.5) is 0 Å². The number of benzene rings is 1. The molecule has 1 rings (SSSR count). The highest BCUT2D eigenvalue weighted by atomic mass is 15.2. The summed E-state index contributed by atoms with van der Waals surface area (Å²) in [5.41, 5.74) is 7.48. The van der Waals surface area contributed by atoms with E-state index < -0.39 is 0 Å². The molecule has 2 nitrogen and oxygen atoms in total. The molecule has 2 heteroatoms. The van der Waals surface area contributed by atoms with Crippen LogP contribution in [0.3, 0.4) is 0 Å². The number of aryl methyl sites for hydroxylation is 1. The normalized spacial score (nSPS) is 14.4. The Kier molecular flexibility index (Phi) is 8.56. The van der Waals surface area contributed by atoms with E-state index in [0.717, 1.165) is 19.4 Å². The first-order chi connectivity index (χ1) is 9.72. The fourth-order valence-electron chi connectivity index (χ4n) is 2.74. The molecule has 1 aromatic carbocycles. The van der Waals surface area contributed by atoms with Crippen LogP contribution >= 0.6 is 0 Å². The second-order valence-corrected chi connectivity index (χ2v) is 5.76. The van der Waals surface area contributed by atoms with E-state index in [1.807, 2.05) is 0 Å². The van der Waals surface area contributed by atoms with Gasteiger partial charge in [0.05, 0.1) is 0 Å². The van der Waals surface area contributed by atoms with Gasteiger partial charge in [0.25, 0.3) is 0 Å². The topological polar surface area (TPSA) is 29.3 Å². The summed E-state index contributed by atoms with van der Waals surface area (Å²) in [6.45, 7) is 8.81. The van der Waals surface area contributed by atoms with Crippen LogP contribution in [0.2, 0.25) is 0 Å². The molecule has 0 fully saturated rings. The molecule has 2 unspecified atom stereocenters. The van der Waals surface area contributed by atoms with E-state index in [1.54, 1.807) is 0 Å². The maximum absolute atomic E-state index is 6.06. The summed E-state index contributed by atoms with van der Waals surface area (Å²) >= 11 is 0. The molecular formula is C18H32N2. The van der Waals surface area contributed by atoms with Crippen molar-refractivity contribution >= 4 is 0 Å². The van der Waals surface area contributed by atoms with Gasteiger partial charge in [-0.05, 0) is 44.7 Å².